The van der Waals surface area contributed by atoms with Gasteiger partial charge in [-0.2, -0.15) is 4.98 Å². The van der Waals surface area contributed by atoms with Crippen LogP contribution in [-0.4, -0.2) is 47.2 Å². The Balaban J connectivity index is 1.75. The van der Waals surface area contributed by atoms with Gasteiger partial charge in [0.2, 0.25) is 5.95 Å². The maximum atomic E-state index is 11.3. The summed E-state index contributed by atoms with van der Waals surface area (Å²) in [5.74, 6) is 0.772. The van der Waals surface area contributed by atoms with E-state index >= 15 is 0 Å². The zero-order valence-electron chi connectivity index (χ0n) is 14.2. The number of primary amides is 1. The first-order valence-corrected chi connectivity index (χ1v) is 8.21. The highest BCUT2D eigenvalue weighted by Gasteiger charge is 2.21. The number of amides is 1. The second kappa shape index (κ2) is 7.43. The lowest BCUT2D eigenvalue weighted by atomic mass is 10.0. The van der Waals surface area contributed by atoms with Crippen molar-refractivity contribution < 1.29 is 9.53 Å². The monoisotopic (exact) mass is 342 g/mol. The lowest BCUT2D eigenvalue weighted by molar-refractivity contribution is 0.0995. The number of hydrogen-bond donors (Lipinski definition) is 2. The average molecular weight is 342 g/mol. The summed E-state index contributed by atoms with van der Waals surface area (Å²) in [4.78, 5) is 26.2. The van der Waals surface area contributed by atoms with E-state index in [0.29, 0.717) is 19.6 Å². The molecular weight excluding hydrogens is 320 g/mol. The highest BCUT2D eigenvalue weighted by atomic mass is 16.5. The first-order chi connectivity index (χ1) is 12.0. The number of nitrogens with zero attached hydrogens (tertiary/aromatic N) is 4. The molecule has 0 unspecified atom stereocenters. The molecule has 132 valence electrons. The van der Waals surface area contributed by atoms with Gasteiger partial charge in [0.15, 0.2) is 0 Å². The summed E-state index contributed by atoms with van der Waals surface area (Å²) in [6.45, 7) is 4.64. The van der Waals surface area contributed by atoms with Crippen LogP contribution in [0.25, 0.3) is 0 Å². The summed E-state index contributed by atoms with van der Waals surface area (Å²) in [7, 11) is 0. The fraction of sp³-hybridized carbons (Fsp3) is 0.412. The number of pyridine rings is 1. The zero-order valence-corrected chi connectivity index (χ0v) is 14.2. The molecule has 1 fully saturated rings. The molecule has 8 nitrogen and oxygen atoms in total. The Bertz CT molecular complexity index is 746. The highest BCUT2D eigenvalue weighted by molar-refractivity contribution is 5.90. The number of aryl methyl sites for hydroxylation is 1. The van der Waals surface area contributed by atoms with E-state index in [-0.39, 0.29) is 17.6 Å². The van der Waals surface area contributed by atoms with Crippen molar-refractivity contribution in [3.63, 3.8) is 0 Å². The molecule has 1 aliphatic heterocycles. The number of aromatic nitrogens is 3. The van der Waals surface area contributed by atoms with E-state index in [1.807, 2.05) is 19.1 Å². The molecule has 1 aliphatic rings. The summed E-state index contributed by atoms with van der Waals surface area (Å²) < 4.78 is 5.73. The molecule has 25 heavy (non-hydrogen) atoms. The average Bonchev–Trinajstić information content (AvgIpc) is 2.80. The number of carbonyl (C=O) groups excluding carboxylic acids is 1. The van der Waals surface area contributed by atoms with Gasteiger partial charge >= 0.3 is 0 Å². The van der Waals surface area contributed by atoms with Crippen LogP contribution < -0.4 is 16.4 Å². The molecule has 1 atom stereocenters. The minimum atomic E-state index is -0.521. The largest absolute Gasteiger partial charge is 0.379 e. The molecule has 3 heterocycles. The number of nitrogen functional groups attached to an aromatic ring is 1. The Labute approximate surface area is 146 Å². The normalized spacial score (nSPS) is 18.0. The van der Waals surface area contributed by atoms with E-state index in [9.17, 15) is 4.79 Å². The molecule has 1 saturated heterocycles. The van der Waals surface area contributed by atoms with E-state index in [0.717, 1.165) is 30.3 Å². The number of ether oxygens (including phenoxy) is 1. The maximum Gasteiger partial charge on any atom is 0.267 e. The standard InChI is InChI=1S/C17H22N6O2/c1-11-7-15(22-17(19)20-11)23-5-6-25-10-12(9-23)8-13-3-2-4-14(21-13)16(18)24/h2-4,7,12H,5-6,8-10H2,1H3,(H2,18,24)(H2,19,20,22)/t12-/m1/s1. The highest BCUT2D eigenvalue weighted by Crippen LogP contribution is 2.19. The van der Waals surface area contributed by atoms with Crippen molar-refractivity contribution in [3.05, 3.63) is 41.3 Å². The minimum absolute atomic E-state index is 0.217. The molecule has 1 amide bonds. The Morgan fingerprint density at radius 2 is 2.20 bits per heavy atom. The van der Waals surface area contributed by atoms with Crippen LogP contribution in [0.15, 0.2) is 24.3 Å². The van der Waals surface area contributed by atoms with E-state index in [2.05, 4.69) is 19.9 Å². The first-order valence-electron chi connectivity index (χ1n) is 8.21. The topological polar surface area (TPSA) is 120 Å². The molecule has 3 rings (SSSR count). The van der Waals surface area contributed by atoms with Crippen LogP contribution in [0, 0.1) is 12.8 Å². The predicted molar refractivity (Wildman–Crippen MR) is 94.2 cm³/mol. The van der Waals surface area contributed by atoms with Crippen LogP contribution in [0.2, 0.25) is 0 Å². The molecule has 4 N–H and O–H groups in total. The first kappa shape index (κ1) is 17.1. The molecule has 0 spiro atoms. The van der Waals surface area contributed by atoms with Gasteiger partial charge in [-0.3, -0.25) is 4.79 Å². The van der Waals surface area contributed by atoms with Crippen LogP contribution in [0.5, 0.6) is 0 Å². The Hall–Kier alpha value is -2.74. The molecule has 8 heteroatoms. The predicted octanol–water partition coefficient (Wildman–Crippen LogP) is 0.557. The molecule has 0 radical (unpaired) electrons. The molecule has 2 aromatic rings. The molecule has 0 saturated carbocycles. The van der Waals surface area contributed by atoms with Gasteiger partial charge in [0.25, 0.3) is 5.91 Å². The summed E-state index contributed by atoms with van der Waals surface area (Å²) >= 11 is 0. The number of rotatable bonds is 4. The summed E-state index contributed by atoms with van der Waals surface area (Å²) in [5.41, 5.74) is 13.0. The van der Waals surface area contributed by atoms with Crippen LogP contribution in [0.1, 0.15) is 21.9 Å². The van der Waals surface area contributed by atoms with Crippen molar-refractivity contribution in [3.8, 4) is 0 Å². The second-order valence-electron chi connectivity index (χ2n) is 6.20. The van der Waals surface area contributed by atoms with Gasteiger partial charge < -0.3 is 21.1 Å². The lowest BCUT2D eigenvalue weighted by Crippen LogP contribution is -2.32. The summed E-state index contributed by atoms with van der Waals surface area (Å²) in [5, 5.41) is 0. The fourth-order valence-electron chi connectivity index (χ4n) is 2.97. The summed E-state index contributed by atoms with van der Waals surface area (Å²) in [6, 6.07) is 7.24. The van der Waals surface area contributed by atoms with Gasteiger partial charge in [-0.25, -0.2) is 9.97 Å². The van der Waals surface area contributed by atoms with E-state index in [1.54, 1.807) is 12.1 Å². The maximum absolute atomic E-state index is 11.3. The smallest absolute Gasteiger partial charge is 0.267 e. The van der Waals surface area contributed by atoms with Gasteiger partial charge in [0.1, 0.15) is 11.5 Å². The van der Waals surface area contributed by atoms with Crippen molar-refractivity contribution in [2.45, 2.75) is 13.3 Å². The third-order valence-corrected chi connectivity index (χ3v) is 4.08. The molecule has 2 aromatic heterocycles. The molecular formula is C17H22N6O2. The van der Waals surface area contributed by atoms with Gasteiger partial charge in [0.05, 0.1) is 13.2 Å². The quantitative estimate of drug-likeness (QED) is 0.832. The Morgan fingerprint density at radius 1 is 1.36 bits per heavy atom. The molecule has 0 bridgehead atoms. The second-order valence-corrected chi connectivity index (χ2v) is 6.20. The number of anilines is 2. The minimum Gasteiger partial charge on any atom is -0.379 e. The SMILES string of the molecule is Cc1cc(N2CCOC[C@H](Cc3cccc(C(N)=O)n3)C2)nc(N)n1. The van der Waals surface area contributed by atoms with Gasteiger partial charge in [-0.1, -0.05) is 6.07 Å². The molecule has 0 aromatic carbocycles. The number of hydrogen-bond acceptors (Lipinski definition) is 7. The lowest BCUT2D eigenvalue weighted by Gasteiger charge is -2.24. The van der Waals surface area contributed by atoms with Gasteiger partial charge in [-0.15, -0.1) is 0 Å². The van der Waals surface area contributed by atoms with Crippen LogP contribution in [0.3, 0.4) is 0 Å². The van der Waals surface area contributed by atoms with E-state index in [1.165, 1.54) is 0 Å². The fourth-order valence-corrected chi connectivity index (χ4v) is 2.97. The number of carbonyl (C=O) groups is 1. The summed E-state index contributed by atoms with van der Waals surface area (Å²) in [6.07, 6.45) is 0.692. The van der Waals surface area contributed by atoms with Crippen molar-refractivity contribution in [2.75, 3.05) is 36.9 Å². The van der Waals surface area contributed by atoms with E-state index < -0.39 is 5.91 Å². The van der Waals surface area contributed by atoms with Crippen molar-refractivity contribution in [1.82, 2.24) is 15.0 Å². The third-order valence-electron chi connectivity index (χ3n) is 4.08. The van der Waals surface area contributed by atoms with Crippen molar-refractivity contribution in [1.29, 1.82) is 0 Å². The Kier molecular flexibility index (Phi) is 5.08. The van der Waals surface area contributed by atoms with Crippen LogP contribution in [0.4, 0.5) is 11.8 Å². The van der Waals surface area contributed by atoms with Crippen LogP contribution in [-0.2, 0) is 11.2 Å². The van der Waals surface area contributed by atoms with Gasteiger partial charge in [-0.05, 0) is 25.5 Å². The van der Waals surface area contributed by atoms with Crippen molar-refractivity contribution >= 4 is 17.7 Å². The number of nitrogens with two attached hydrogens (primary N) is 2. The van der Waals surface area contributed by atoms with Gasteiger partial charge in [0, 0.05) is 36.5 Å². The zero-order chi connectivity index (χ0) is 17.8. The molecule has 0 aliphatic carbocycles. The Morgan fingerprint density at radius 3 is 2.96 bits per heavy atom. The van der Waals surface area contributed by atoms with Crippen molar-refractivity contribution in [2.24, 2.45) is 11.7 Å². The van der Waals surface area contributed by atoms with E-state index in [4.69, 9.17) is 16.2 Å². The third kappa shape index (κ3) is 4.42. The van der Waals surface area contributed by atoms with Crippen LogP contribution >= 0.6 is 0 Å².